The first-order valence-corrected chi connectivity index (χ1v) is 7.76. The molecule has 1 aromatic heterocycles. The Morgan fingerprint density at radius 3 is 2.95 bits per heavy atom. The summed E-state index contributed by atoms with van der Waals surface area (Å²) in [6.07, 6.45) is 2.90. The van der Waals surface area contributed by atoms with Gasteiger partial charge in [-0.3, -0.25) is 14.5 Å². The Hall–Kier alpha value is -2.21. The molecular weight excluding hydrogens is 346 g/mol. The van der Waals surface area contributed by atoms with Gasteiger partial charge in [0.15, 0.2) is 0 Å². The average Bonchev–Trinajstić information content (AvgIpc) is 2.78. The van der Waals surface area contributed by atoms with Gasteiger partial charge in [0.2, 0.25) is 5.91 Å². The molecule has 2 aromatic rings. The maximum atomic E-state index is 12.8. The summed E-state index contributed by atoms with van der Waals surface area (Å²) in [5.74, 6) is 0.195. The third kappa shape index (κ3) is 1.73. The van der Waals surface area contributed by atoms with Crippen molar-refractivity contribution >= 4 is 44.3 Å². The fraction of sp³-hybridized carbons (Fsp3) is 0.188. The van der Waals surface area contributed by atoms with Crippen LogP contribution in [0.3, 0.4) is 0 Å². The van der Waals surface area contributed by atoms with Crippen LogP contribution in [-0.2, 0) is 4.79 Å². The minimum atomic E-state index is -0.540. The molecule has 4 rings (SSSR count). The molecule has 2 aliphatic rings. The van der Waals surface area contributed by atoms with Crippen molar-refractivity contribution in [1.82, 2.24) is 10.3 Å². The van der Waals surface area contributed by atoms with Crippen LogP contribution < -0.4 is 10.2 Å². The second-order valence-electron chi connectivity index (χ2n) is 5.48. The maximum absolute atomic E-state index is 12.8. The normalized spacial score (nSPS) is 20.7. The summed E-state index contributed by atoms with van der Waals surface area (Å²) in [6, 6.07) is 5.02. The SMILES string of the molecule is C=C1CCC(N2C(=O)c3cccc4c(Br)cnc2c34)C(=O)N1. The molecule has 2 amide bonds. The van der Waals surface area contributed by atoms with Gasteiger partial charge in [-0.1, -0.05) is 18.7 Å². The summed E-state index contributed by atoms with van der Waals surface area (Å²) < 4.78 is 0.837. The molecule has 0 bridgehead atoms. The van der Waals surface area contributed by atoms with Gasteiger partial charge in [-0.15, -0.1) is 0 Å². The van der Waals surface area contributed by atoms with Crippen molar-refractivity contribution in [2.24, 2.45) is 0 Å². The Bertz CT molecular complexity index is 862. The number of nitrogens with one attached hydrogen (secondary N) is 1. The molecule has 0 radical (unpaired) electrons. The molecule has 1 unspecified atom stereocenters. The smallest absolute Gasteiger partial charge is 0.260 e. The number of anilines is 1. The Labute approximate surface area is 135 Å². The second-order valence-corrected chi connectivity index (χ2v) is 6.33. The summed E-state index contributed by atoms with van der Waals surface area (Å²) >= 11 is 3.47. The number of hydrogen-bond acceptors (Lipinski definition) is 3. The third-order valence-corrected chi connectivity index (χ3v) is 4.79. The monoisotopic (exact) mass is 357 g/mol. The van der Waals surface area contributed by atoms with E-state index in [4.69, 9.17) is 0 Å². The Balaban J connectivity index is 1.89. The van der Waals surface area contributed by atoms with E-state index in [9.17, 15) is 9.59 Å². The number of aromatic nitrogens is 1. The van der Waals surface area contributed by atoms with Crippen molar-refractivity contribution in [3.05, 3.63) is 46.7 Å². The van der Waals surface area contributed by atoms with Gasteiger partial charge in [-0.25, -0.2) is 4.98 Å². The van der Waals surface area contributed by atoms with Gasteiger partial charge in [-0.2, -0.15) is 0 Å². The highest BCUT2D eigenvalue weighted by Crippen LogP contribution is 2.40. The van der Waals surface area contributed by atoms with Crippen LogP contribution in [0.1, 0.15) is 23.2 Å². The first-order chi connectivity index (χ1) is 10.6. The van der Waals surface area contributed by atoms with Gasteiger partial charge in [-0.05, 0) is 34.8 Å². The van der Waals surface area contributed by atoms with Crippen LogP contribution in [0.4, 0.5) is 5.82 Å². The summed E-state index contributed by atoms with van der Waals surface area (Å²) in [4.78, 5) is 31.0. The number of pyridine rings is 1. The van der Waals surface area contributed by atoms with Crippen LogP contribution in [0.25, 0.3) is 10.8 Å². The fourth-order valence-corrected chi connectivity index (χ4v) is 3.56. The number of rotatable bonds is 1. The van der Waals surface area contributed by atoms with Crippen LogP contribution in [-0.4, -0.2) is 22.8 Å². The Morgan fingerprint density at radius 2 is 2.18 bits per heavy atom. The van der Waals surface area contributed by atoms with Gasteiger partial charge in [0.1, 0.15) is 11.9 Å². The summed E-state index contributed by atoms with van der Waals surface area (Å²) in [5.41, 5.74) is 1.29. The van der Waals surface area contributed by atoms with E-state index in [1.54, 1.807) is 12.3 Å². The molecule has 110 valence electrons. The number of piperidine rings is 1. The first kappa shape index (κ1) is 13.5. The lowest BCUT2D eigenvalue weighted by molar-refractivity contribution is -0.122. The van der Waals surface area contributed by atoms with E-state index in [0.29, 0.717) is 29.9 Å². The number of hydrogen-bond donors (Lipinski definition) is 1. The van der Waals surface area contributed by atoms with Crippen molar-refractivity contribution < 1.29 is 9.59 Å². The lowest BCUT2D eigenvalue weighted by atomic mass is 10.0. The van der Waals surface area contributed by atoms with Crippen molar-refractivity contribution in [2.45, 2.75) is 18.9 Å². The van der Waals surface area contributed by atoms with Crippen LogP contribution in [0.5, 0.6) is 0 Å². The molecule has 0 aliphatic carbocycles. The van der Waals surface area contributed by atoms with Gasteiger partial charge < -0.3 is 5.32 Å². The topological polar surface area (TPSA) is 62.3 Å². The molecule has 6 heteroatoms. The zero-order chi connectivity index (χ0) is 15.4. The number of halogens is 1. The lowest BCUT2D eigenvalue weighted by Crippen LogP contribution is -2.51. The van der Waals surface area contributed by atoms with Gasteiger partial charge in [0, 0.05) is 27.1 Å². The quantitative estimate of drug-likeness (QED) is 0.853. The molecule has 0 saturated carbocycles. The van der Waals surface area contributed by atoms with Crippen molar-refractivity contribution in [2.75, 3.05) is 4.90 Å². The largest absolute Gasteiger partial charge is 0.329 e. The van der Waals surface area contributed by atoms with E-state index in [1.165, 1.54) is 4.90 Å². The third-order valence-electron chi connectivity index (χ3n) is 4.16. The molecule has 1 saturated heterocycles. The van der Waals surface area contributed by atoms with Gasteiger partial charge in [0.25, 0.3) is 5.91 Å². The molecule has 1 aromatic carbocycles. The number of carbonyl (C=O) groups is 2. The molecule has 1 fully saturated rings. The van der Waals surface area contributed by atoms with Crippen LogP contribution in [0.15, 0.2) is 41.1 Å². The molecule has 1 N–H and O–H groups in total. The van der Waals surface area contributed by atoms with Crippen LogP contribution in [0, 0.1) is 0 Å². The minimum Gasteiger partial charge on any atom is -0.329 e. The zero-order valence-corrected chi connectivity index (χ0v) is 13.2. The highest BCUT2D eigenvalue weighted by molar-refractivity contribution is 9.10. The number of amides is 2. The van der Waals surface area contributed by atoms with Gasteiger partial charge >= 0.3 is 0 Å². The van der Waals surface area contributed by atoms with Crippen molar-refractivity contribution in [3.63, 3.8) is 0 Å². The zero-order valence-electron chi connectivity index (χ0n) is 11.6. The standard InChI is InChI=1S/C16H12BrN3O2/c1-8-5-6-12(15(21)19-8)20-14-13-9(11(17)7-18-14)3-2-4-10(13)16(20)22/h2-4,7,12H,1,5-6H2,(H,19,21). The minimum absolute atomic E-state index is 0.168. The summed E-state index contributed by atoms with van der Waals surface area (Å²) in [7, 11) is 0. The van der Waals surface area contributed by atoms with E-state index in [-0.39, 0.29) is 11.8 Å². The first-order valence-electron chi connectivity index (χ1n) is 6.97. The molecule has 5 nitrogen and oxygen atoms in total. The molecule has 3 heterocycles. The number of nitrogens with zero attached hydrogens (tertiary/aromatic N) is 2. The highest BCUT2D eigenvalue weighted by Gasteiger charge is 2.40. The fourth-order valence-electron chi connectivity index (χ4n) is 3.13. The van der Waals surface area contributed by atoms with Crippen molar-refractivity contribution in [1.29, 1.82) is 0 Å². The molecular formula is C16H12BrN3O2. The highest BCUT2D eigenvalue weighted by atomic mass is 79.9. The Morgan fingerprint density at radius 1 is 1.36 bits per heavy atom. The number of carbonyl (C=O) groups excluding carboxylic acids is 2. The maximum Gasteiger partial charge on any atom is 0.260 e. The molecule has 0 spiro atoms. The van der Waals surface area contributed by atoms with E-state index in [0.717, 1.165) is 15.2 Å². The van der Waals surface area contributed by atoms with Crippen LogP contribution in [0.2, 0.25) is 0 Å². The van der Waals surface area contributed by atoms with Crippen molar-refractivity contribution in [3.8, 4) is 0 Å². The molecule has 1 atom stereocenters. The van der Waals surface area contributed by atoms with Gasteiger partial charge in [0.05, 0.1) is 5.56 Å². The Kier molecular flexibility index (Phi) is 2.84. The van der Waals surface area contributed by atoms with E-state index >= 15 is 0 Å². The lowest BCUT2D eigenvalue weighted by Gasteiger charge is -2.31. The summed E-state index contributed by atoms with van der Waals surface area (Å²) in [6.45, 7) is 3.78. The molecule has 2 aliphatic heterocycles. The predicted molar refractivity (Wildman–Crippen MR) is 86.6 cm³/mol. The predicted octanol–water partition coefficient (Wildman–Crippen LogP) is 2.75. The van der Waals surface area contributed by atoms with E-state index < -0.39 is 6.04 Å². The second kappa shape index (κ2) is 4.64. The molecule has 22 heavy (non-hydrogen) atoms. The van der Waals surface area contributed by atoms with Crippen LogP contribution >= 0.6 is 15.9 Å². The van der Waals surface area contributed by atoms with E-state index in [2.05, 4.69) is 32.8 Å². The number of benzene rings is 1. The number of allylic oxidation sites excluding steroid dienone is 1. The average molecular weight is 358 g/mol. The summed E-state index contributed by atoms with van der Waals surface area (Å²) in [5, 5.41) is 4.47. The van der Waals surface area contributed by atoms with E-state index in [1.807, 2.05) is 12.1 Å².